The number of hydrogen-bond donors (Lipinski definition) is 19. The molecule has 3 heterocycles. The topological polar surface area (TPSA) is 450 Å². The van der Waals surface area contributed by atoms with Gasteiger partial charge in [0.1, 0.15) is 30.6 Å². The first-order valence-electron chi connectivity index (χ1n) is 25.5. The predicted octanol–water partition coefficient (Wildman–Crippen LogP) is -3.38. The summed E-state index contributed by atoms with van der Waals surface area (Å²) in [6.45, 7) is 1.62. The molecule has 27 heteroatoms. The number of carbonyl (C=O) groups excluding carboxylic acids is 7. The van der Waals surface area contributed by atoms with Crippen LogP contribution in [0.2, 0.25) is 0 Å². The molecule has 2 aromatic heterocycles. The number of aliphatic hydroxyl groups is 2. The molecule has 77 heavy (non-hydrogen) atoms. The van der Waals surface area contributed by atoms with E-state index in [1.54, 1.807) is 42.7 Å². The number of fused-ring (bicyclic) bond motifs is 1. The van der Waals surface area contributed by atoms with Gasteiger partial charge in [-0.25, -0.2) is 4.98 Å². The first kappa shape index (κ1) is 59.7. The van der Waals surface area contributed by atoms with E-state index in [1.165, 1.54) is 13.3 Å². The highest BCUT2D eigenvalue weighted by atomic mass is 16.3. The first-order valence-corrected chi connectivity index (χ1v) is 25.5. The lowest BCUT2D eigenvalue weighted by Gasteiger charge is -2.32. The fourth-order valence-electron chi connectivity index (χ4n) is 8.81. The number of primary amides is 1. The van der Waals surface area contributed by atoms with E-state index in [-0.39, 0.29) is 95.8 Å². The van der Waals surface area contributed by atoms with Crippen LogP contribution in [0.15, 0.2) is 73.3 Å². The van der Waals surface area contributed by atoms with E-state index in [0.717, 1.165) is 10.9 Å². The van der Waals surface area contributed by atoms with Gasteiger partial charge in [-0.2, -0.15) is 0 Å². The van der Waals surface area contributed by atoms with Gasteiger partial charge in [0.25, 0.3) is 0 Å². The molecule has 0 radical (unpaired) electrons. The summed E-state index contributed by atoms with van der Waals surface area (Å²) in [5.74, 6) is -5.59. The van der Waals surface area contributed by atoms with Crippen LogP contribution in [-0.4, -0.2) is 153 Å². The quantitative estimate of drug-likeness (QED) is 0.0189. The molecule has 1 aliphatic rings. The fraction of sp³-hybridized carbons (Fsp3) is 0.480. The maximum atomic E-state index is 14.8. The van der Waals surface area contributed by atoms with E-state index < -0.39 is 96.1 Å². The molecule has 2 unspecified atom stereocenters. The number of nitrogens with two attached hydrogens (primary N) is 3. The largest absolute Gasteiger partial charge is 0.376 e. The Morgan fingerprint density at radius 2 is 1.47 bits per heavy atom. The highest BCUT2D eigenvalue weighted by molar-refractivity contribution is 5.95. The molecule has 1 aliphatic heterocycles. The van der Waals surface area contributed by atoms with Crippen LogP contribution in [-0.2, 0) is 52.8 Å². The monoisotopic (exact) mass is 1070 g/mol. The molecule has 0 bridgehead atoms. The summed E-state index contributed by atoms with van der Waals surface area (Å²) in [5.41, 5.74) is 19.2. The van der Waals surface area contributed by atoms with Crippen LogP contribution in [0.4, 0.5) is 0 Å². The Hall–Kier alpha value is -8.14. The Balaban J connectivity index is 1.53. The number of nitrogens with one attached hydrogen (secondary N) is 14. The van der Waals surface area contributed by atoms with E-state index in [0.29, 0.717) is 23.2 Å². The number of para-hydroxylation sites is 1. The molecule has 2 aromatic carbocycles. The lowest BCUT2D eigenvalue weighted by molar-refractivity contribution is -0.134. The van der Waals surface area contributed by atoms with Crippen molar-refractivity contribution in [1.29, 1.82) is 10.8 Å². The van der Waals surface area contributed by atoms with Crippen molar-refractivity contribution >= 4 is 64.2 Å². The molecule has 5 rings (SSSR count). The van der Waals surface area contributed by atoms with Gasteiger partial charge in [0.2, 0.25) is 41.4 Å². The molecule has 7 amide bonds. The third-order valence-electron chi connectivity index (χ3n) is 12.8. The Bertz CT molecular complexity index is 2600. The molecular formula is C50H74N18O9. The van der Waals surface area contributed by atoms with Crippen LogP contribution in [0.25, 0.3) is 10.9 Å². The van der Waals surface area contributed by atoms with Crippen LogP contribution in [0.1, 0.15) is 75.1 Å². The Kier molecular flexibility index (Phi) is 23.6. The van der Waals surface area contributed by atoms with Gasteiger partial charge in [-0.15, -0.1) is 0 Å². The van der Waals surface area contributed by atoms with Crippen molar-refractivity contribution in [2.45, 2.75) is 132 Å². The van der Waals surface area contributed by atoms with Crippen LogP contribution in [0.5, 0.6) is 0 Å². The average Bonchev–Trinajstić information content (AvgIpc) is 4.06. The molecule has 0 saturated carbocycles. The van der Waals surface area contributed by atoms with Crippen LogP contribution in [0.3, 0.4) is 0 Å². The van der Waals surface area contributed by atoms with Crippen molar-refractivity contribution < 1.29 is 43.8 Å². The van der Waals surface area contributed by atoms with Gasteiger partial charge >= 0.3 is 0 Å². The second-order valence-electron chi connectivity index (χ2n) is 18.9. The standard InChI is InChI=1S/C50H74N18O9/c1-28(69)62-35(15-8-20-58-49(52)53)43(72)65-37-17-18-41(70)57-19-7-14-34(42(51)71)63-47(76)39(23-30-25-60-33-13-6-5-12-32(30)33)67-44(73)36(16-9-21-59-50(54)55)64-46(75)38(22-29-10-3-2-4-11-29)66-48(77)40(68-45(37)74)24-31-26-56-27-61-31/h2-6,10-13,25-27,34-40,43,48,60,65-66,72,77H,7-9,14-24H2,1H3,(H2,51,71)(H,56,61)(H,57,70)(H,62,69)(H,63,76)(H,64,75)(H,67,73)(H,68,74)(H4,52,53,58)(H4,54,55,59)/t34-,35-,36-,37-,38+,39-,40-,43?,48?/m0/s1. The summed E-state index contributed by atoms with van der Waals surface area (Å²) in [6, 6.07) is 7.31. The second kappa shape index (κ2) is 30.4. The van der Waals surface area contributed by atoms with E-state index in [1.807, 2.05) is 24.3 Å². The first-order chi connectivity index (χ1) is 36.9. The number of guanidine groups is 2. The lowest BCUT2D eigenvalue weighted by atomic mass is 10.0. The van der Waals surface area contributed by atoms with Crippen molar-refractivity contribution in [3.8, 4) is 0 Å². The summed E-state index contributed by atoms with van der Waals surface area (Å²) in [6.07, 6.45) is 1.36. The molecule has 418 valence electrons. The summed E-state index contributed by atoms with van der Waals surface area (Å²) in [4.78, 5) is 107. The SMILES string of the molecule is CC(=O)N[C@@H](CCCNC(=N)N)C(O)N[C@H]1CCC(=O)NCCC[C@@H](C(N)=O)NC(=O)[C@H](Cc2c[nH]c3ccccc23)NC(=O)[C@H](CCCNC(=N)N)NC(=O)[C@@H](Cc2ccccc2)NC(O)[C@H](Cc2c[nH]cn2)NC1=O. The summed E-state index contributed by atoms with van der Waals surface area (Å²) >= 11 is 0. The smallest absolute Gasteiger partial charge is 0.243 e. The van der Waals surface area contributed by atoms with E-state index >= 15 is 0 Å². The molecule has 27 nitrogen and oxygen atoms in total. The summed E-state index contributed by atoms with van der Waals surface area (Å²) in [5, 5.41) is 67.2. The molecular weight excluding hydrogens is 997 g/mol. The number of imidazole rings is 1. The zero-order chi connectivity index (χ0) is 55.9. The lowest BCUT2D eigenvalue weighted by Crippen LogP contribution is -2.62. The number of aliphatic hydroxyl groups excluding tert-OH is 2. The minimum atomic E-state index is -1.72. The fourth-order valence-corrected chi connectivity index (χ4v) is 8.81. The highest BCUT2D eigenvalue weighted by Gasteiger charge is 2.35. The summed E-state index contributed by atoms with van der Waals surface area (Å²) in [7, 11) is 0. The molecule has 22 N–H and O–H groups in total. The van der Waals surface area contributed by atoms with Crippen molar-refractivity contribution in [1.82, 2.24) is 68.1 Å². The van der Waals surface area contributed by atoms with Crippen LogP contribution >= 0.6 is 0 Å². The number of hydrogen-bond acceptors (Lipinski definition) is 14. The van der Waals surface area contributed by atoms with Gasteiger partial charge in [0, 0.05) is 69.1 Å². The minimum Gasteiger partial charge on any atom is -0.376 e. The number of H-pyrrole nitrogens is 2. The van der Waals surface area contributed by atoms with Gasteiger partial charge in [0.15, 0.2) is 11.9 Å². The second-order valence-corrected chi connectivity index (χ2v) is 18.9. The zero-order valence-electron chi connectivity index (χ0n) is 43.0. The highest BCUT2D eigenvalue weighted by Crippen LogP contribution is 2.20. The van der Waals surface area contributed by atoms with Crippen molar-refractivity contribution in [2.24, 2.45) is 17.2 Å². The number of carbonyl (C=O) groups is 7. The van der Waals surface area contributed by atoms with Crippen molar-refractivity contribution in [3.05, 3.63) is 90.1 Å². The van der Waals surface area contributed by atoms with Crippen LogP contribution in [0, 0.1) is 10.8 Å². The molecule has 1 fully saturated rings. The van der Waals surface area contributed by atoms with Gasteiger partial charge < -0.3 is 79.9 Å². The Morgan fingerprint density at radius 1 is 0.792 bits per heavy atom. The molecule has 9 atom stereocenters. The van der Waals surface area contributed by atoms with E-state index in [9.17, 15) is 43.8 Å². The maximum absolute atomic E-state index is 14.8. The van der Waals surface area contributed by atoms with Gasteiger partial charge in [-0.05, 0) is 68.6 Å². The Labute approximate surface area is 445 Å². The Morgan fingerprint density at radius 3 is 2.16 bits per heavy atom. The third kappa shape index (κ3) is 20.2. The average molecular weight is 1070 g/mol. The van der Waals surface area contributed by atoms with Gasteiger partial charge in [0.05, 0.1) is 36.2 Å². The zero-order valence-corrected chi connectivity index (χ0v) is 43.0. The normalized spacial score (nSPS) is 22.4. The molecule has 0 spiro atoms. The number of aromatic amines is 2. The number of rotatable bonds is 19. The predicted molar refractivity (Wildman–Crippen MR) is 285 cm³/mol. The minimum absolute atomic E-state index is 0.00736. The number of nitrogens with zero attached hydrogens (tertiary/aromatic N) is 1. The number of amides is 7. The third-order valence-corrected chi connectivity index (χ3v) is 12.8. The van der Waals surface area contributed by atoms with Crippen molar-refractivity contribution in [2.75, 3.05) is 19.6 Å². The van der Waals surface area contributed by atoms with Gasteiger partial charge in [-0.1, -0.05) is 48.5 Å². The molecule has 4 aromatic rings. The van der Waals surface area contributed by atoms with Crippen LogP contribution < -0.4 is 70.4 Å². The number of aromatic nitrogens is 3. The van der Waals surface area contributed by atoms with Gasteiger partial charge in [-0.3, -0.25) is 55.0 Å². The molecule has 0 aliphatic carbocycles. The number of benzene rings is 2. The van der Waals surface area contributed by atoms with E-state index in [4.69, 9.17) is 28.0 Å². The maximum Gasteiger partial charge on any atom is 0.243 e. The van der Waals surface area contributed by atoms with E-state index in [2.05, 4.69) is 68.1 Å². The molecule has 1 saturated heterocycles. The summed E-state index contributed by atoms with van der Waals surface area (Å²) < 4.78 is 0. The van der Waals surface area contributed by atoms with Crippen molar-refractivity contribution in [3.63, 3.8) is 0 Å².